The highest BCUT2D eigenvalue weighted by molar-refractivity contribution is 9.10. The molecule has 2 aromatic carbocycles. The Hall–Kier alpha value is -2.34. The molecule has 0 unspecified atom stereocenters. The molecule has 0 radical (unpaired) electrons. The zero-order chi connectivity index (χ0) is 17.5. The van der Waals surface area contributed by atoms with Gasteiger partial charge in [0, 0.05) is 23.4 Å². The Morgan fingerprint density at radius 1 is 1.00 bits per heavy atom. The van der Waals surface area contributed by atoms with Gasteiger partial charge in [-0.2, -0.15) is 0 Å². The summed E-state index contributed by atoms with van der Waals surface area (Å²) in [6.45, 7) is 4.89. The molecule has 2 N–H and O–H groups in total. The van der Waals surface area contributed by atoms with Crippen molar-refractivity contribution in [2.24, 2.45) is 0 Å². The van der Waals surface area contributed by atoms with Crippen LogP contribution in [0.25, 0.3) is 0 Å². The lowest BCUT2D eigenvalue weighted by atomic mass is 10.1. The van der Waals surface area contributed by atoms with Crippen LogP contribution in [0.4, 0.5) is 5.69 Å². The van der Waals surface area contributed by atoms with Crippen molar-refractivity contribution >= 4 is 33.4 Å². The maximum Gasteiger partial charge on any atom is 0.255 e. The third-order valence-electron chi connectivity index (χ3n) is 3.24. The van der Waals surface area contributed by atoms with E-state index in [1.54, 1.807) is 42.5 Å². The van der Waals surface area contributed by atoms with E-state index in [0.29, 0.717) is 35.7 Å². The fraction of sp³-hybridized carbons (Fsp3) is 0.222. The maximum atomic E-state index is 12.3. The van der Waals surface area contributed by atoms with Crippen molar-refractivity contribution in [3.8, 4) is 5.75 Å². The minimum Gasteiger partial charge on any atom is -0.493 e. The van der Waals surface area contributed by atoms with Gasteiger partial charge in [-0.3, -0.25) is 9.59 Å². The van der Waals surface area contributed by atoms with Gasteiger partial charge in [-0.05, 0) is 72.2 Å². The van der Waals surface area contributed by atoms with E-state index in [-0.39, 0.29) is 11.8 Å². The van der Waals surface area contributed by atoms with Crippen LogP contribution in [0.3, 0.4) is 0 Å². The van der Waals surface area contributed by atoms with Gasteiger partial charge in [0.1, 0.15) is 5.75 Å². The normalized spacial score (nSPS) is 10.1. The van der Waals surface area contributed by atoms with Gasteiger partial charge < -0.3 is 15.4 Å². The van der Waals surface area contributed by atoms with Crippen LogP contribution in [0.15, 0.2) is 46.9 Å². The Kier molecular flexibility index (Phi) is 6.37. The molecule has 0 heterocycles. The predicted octanol–water partition coefficient (Wildman–Crippen LogP) is 3.85. The Labute approximate surface area is 149 Å². The molecule has 2 amide bonds. The molecule has 5 nitrogen and oxygen atoms in total. The van der Waals surface area contributed by atoms with Gasteiger partial charge in [0.15, 0.2) is 0 Å². The summed E-state index contributed by atoms with van der Waals surface area (Å²) in [5.41, 5.74) is 1.69. The number of halogens is 1. The van der Waals surface area contributed by atoms with Crippen molar-refractivity contribution < 1.29 is 14.3 Å². The summed E-state index contributed by atoms with van der Waals surface area (Å²) < 4.78 is 6.15. The first-order valence-corrected chi connectivity index (χ1v) is 8.46. The third kappa shape index (κ3) is 4.58. The number of carbonyl (C=O) groups excluding carboxylic acids is 2. The lowest BCUT2D eigenvalue weighted by Gasteiger charge is -2.09. The minimum absolute atomic E-state index is 0.133. The number of hydrogen-bond donors (Lipinski definition) is 2. The van der Waals surface area contributed by atoms with Gasteiger partial charge in [-0.15, -0.1) is 0 Å². The molecule has 0 aliphatic heterocycles. The Bertz CT molecular complexity index is 730. The summed E-state index contributed by atoms with van der Waals surface area (Å²) in [5, 5.41) is 5.53. The van der Waals surface area contributed by atoms with Gasteiger partial charge in [0.25, 0.3) is 11.8 Å². The van der Waals surface area contributed by atoms with Gasteiger partial charge in [-0.1, -0.05) is 0 Å². The van der Waals surface area contributed by atoms with Crippen LogP contribution in [0, 0.1) is 0 Å². The minimum atomic E-state index is -0.232. The number of hydrogen-bond acceptors (Lipinski definition) is 3. The number of nitrogens with one attached hydrogen (secondary N) is 2. The van der Waals surface area contributed by atoms with Gasteiger partial charge in [0.2, 0.25) is 0 Å². The molecule has 0 saturated heterocycles. The second-order valence-corrected chi connectivity index (χ2v) is 5.82. The molecule has 0 bridgehead atoms. The monoisotopic (exact) mass is 390 g/mol. The molecule has 2 rings (SSSR count). The predicted molar refractivity (Wildman–Crippen MR) is 97.7 cm³/mol. The van der Waals surface area contributed by atoms with Crippen LogP contribution in [0.1, 0.15) is 34.6 Å². The summed E-state index contributed by atoms with van der Waals surface area (Å²) in [4.78, 5) is 24.0. The van der Waals surface area contributed by atoms with Crippen molar-refractivity contribution in [2.75, 3.05) is 18.5 Å². The van der Waals surface area contributed by atoms with Gasteiger partial charge in [-0.25, -0.2) is 0 Å². The van der Waals surface area contributed by atoms with Crippen LogP contribution < -0.4 is 15.4 Å². The first-order valence-electron chi connectivity index (χ1n) is 7.67. The van der Waals surface area contributed by atoms with E-state index in [1.807, 2.05) is 13.8 Å². The van der Waals surface area contributed by atoms with Crippen LogP contribution in [-0.4, -0.2) is 25.0 Å². The van der Waals surface area contributed by atoms with Crippen molar-refractivity contribution in [1.82, 2.24) is 5.32 Å². The zero-order valence-corrected chi connectivity index (χ0v) is 15.1. The van der Waals surface area contributed by atoms with Crippen molar-refractivity contribution in [3.05, 3.63) is 58.1 Å². The topological polar surface area (TPSA) is 67.4 Å². The number of rotatable bonds is 6. The molecule has 0 saturated carbocycles. The molecule has 24 heavy (non-hydrogen) atoms. The van der Waals surface area contributed by atoms with Crippen molar-refractivity contribution in [1.29, 1.82) is 0 Å². The fourth-order valence-electron chi connectivity index (χ4n) is 2.09. The van der Waals surface area contributed by atoms with Gasteiger partial charge in [0.05, 0.1) is 11.1 Å². The molecule has 2 aromatic rings. The average molecular weight is 391 g/mol. The summed E-state index contributed by atoms with van der Waals surface area (Å²) in [5.74, 6) is 0.329. The number of amides is 2. The van der Waals surface area contributed by atoms with Gasteiger partial charge >= 0.3 is 0 Å². The van der Waals surface area contributed by atoms with E-state index in [1.165, 1.54) is 0 Å². The zero-order valence-electron chi connectivity index (χ0n) is 13.6. The Balaban J connectivity index is 2.06. The molecular weight excluding hydrogens is 372 g/mol. The third-order valence-corrected chi connectivity index (χ3v) is 3.86. The summed E-state index contributed by atoms with van der Waals surface area (Å²) >= 11 is 3.39. The van der Waals surface area contributed by atoms with E-state index in [2.05, 4.69) is 26.6 Å². The highest BCUT2D eigenvalue weighted by atomic mass is 79.9. The average Bonchev–Trinajstić information content (AvgIpc) is 2.57. The largest absolute Gasteiger partial charge is 0.493 e. The SMILES string of the molecule is CCNC(=O)c1ccc(NC(=O)c2ccc(OCC)c(Br)c2)cc1. The van der Waals surface area contributed by atoms with Crippen LogP contribution in [-0.2, 0) is 0 Å². The lowest BCUT2D eigenvalue weighted by Crippen LogP contribution is -2.22. The molecule has 0 aliphatic carbocycles. The molecule has 0 spiro atoms. The van der Waals surface area contributed by atoms with Crippen LogP contribution in [0.2, 0.25) is 0 Å². The van der Waals surface area contributed by atoms with Crippen molar-refractivity contribution in [2.45, 2.75) is 13.8 Å². The first kappa shape index (κ1) is 18.0. The van der Waals surface area contributed by atoms with E-state index in [0.717, 1.165) is 4.47 Å². The highest BCUT2D eigenvalue weighted by Gasteiger charge is 2.10. The summed E-state index contributed by atoms with van der Waals surface area (Å²) in [7, 11) is 0. The molecule has 0 atom stereocenters. The highest BCUT2D eigenvalue weighted by Crippen LogP contribution is 2.26. The molecule has 126 valence electrons. The quantitative estimate of drug-likeness (QED) is 0.786. The lowest BCUT2D eigenvalue weighted by molar-refractivity contribution is 0.0955. The molecule has 0 aliphatic rings. The van der Waals surface area contributed by atoms with E-state index in [4.69, 9.17) is 4.74 Å². The van der Waals surface area contributed by atoms with E-state index in [9.17, 15) is 9.59 Å². The van der Waals surface area contributed by atoms with E-state index >= 15 is 0 Å². The molecule has 6 heteroatoms. The maximum absolute atomic E-state index is 12.3. The first-order chi connectivity index (χ1) is 11.5. The van der Waals surface area contributed by atoms with Crippen LogP contribution in [0.5, 0.6) is 5.75 Å². The standard InChI is InChI=1S/C18H19BrN2O3/c1-3-20-17(22)12-5-8-14(9-6-12)21-18(23)13-7-10-16(24-4-2)15(19)11-13/h5-11H,3-4H2,1-2H3,(H,20,22)(H,21,23). The molecule has 0 aromatic heterocycles. The number of anilines is 1. The summed E-state index contributed by atoms with van der Waals surface area (Å²) in [6, 6.07) is 11.9. The Morgan fingerprint density at radius 3 is 2.25 bits per heavy atom. The molecular formula is C18H19BrN2O3. The van der Waals surface area contributed by atoms with E-state index < -0.39 is 0 Å². The Morgan fingerprint density at radius 2 is 1.67 bits per heavy atom. The van der Waals surface area contributed by atoms with Crippen molar-refractivity contribution in [3.63, 3.8) is 0 Å². The second-order valence-electron chi connectivity index (χ2n) is 4.97. The fourth-order valence-corrected chi connectivity index (χ4v) is 2.58. The number of ether oxygens (including phenoxy) is 1. The summed E-state index contributed by atoms with van der Waals surface area (Å²) in [6.07, 6.45) is 0. The second kappa shape index (κ2) is 8.49. The number of carbonyl (C=O) groups is 2. The van der Waals surface area contributed by atoms with Crippen LogP contribution >= 0.6 is 15.9 Å². The molecule has 0 fully saturated rings. The smallest absolute Gasteiger partial charge is 0.255 e. The number of benzene rings is 2.